The summed E-state index contributed by atoms with van der Waals surface area (Å²) in [5.41, 5.74) is 4.45. The van der Waals surface area contributed by atoms with Gasteiger partial charge in [0.15, 0.2) is 0 Å². The van der Waals surface area contributed by atoms with E-state index in [2.05, 4.69) is 0 Å². The Kier molecular flexibility index (Phi) is 11.3. The average Bonchev–Trinajstić information content (AvgIpc) is 3.92. The van der Waals surface area contributed by atoms with Crippen molar-refractivity contribution in [3.63, 3.8) is 0 Å². The van der Waals surface area contributed by atoms with E-state index in [4.69, 9.17) is 33.2 Å². The SMILES string of the molecule is CC(C(=O)C(C)c1ccccc1-c1nc(C(=O)N2CCC(Cl)C3CCCCC32)cs1)c1ccccc1-c1nc(C(=O)N2CCC(Cl)C3CCCCC32)cs1. The van der Waals surface area contributed by atoms with Crippen molar-refractivity contribution in [2.75, 3.05) is 13.1 Å². The summed E-state index contributed by atoms with van der Waals surface area (Å²) >= 11 is 16.4. The second-order valence-electron chi connectivity index (χ2n) is 15.7. The number of carbonyl (C=O) groups excluding carboxylic acids is 3. The number of alkyl halides is 2. The van der Waals surface area contributed by atoms with Gasteiger partial charge in [-0.1, -0.05) is 88.1 Å². The van der Waals surface area contributed by atoms with Gasteiger partial charge in [-0.05, 0) is 61.5 Å². The normalized spacial score (nSPS) is 26.7. The van der Waals surface area contributed by atoms with Crippen LogP contribution in [-0.4, -0.2) is 73.3 Å². The van der Waals surface area contributed by atoms with Gasteiger partial charge in [0.2, 0.25) is 0 Å². The minimum atomic E-state index is -0.431. The zero-order valence-corrected chi connectivity index (χ0v) is 34.1. The molecule has 2 saturated heterocycles. The van der Waals surface area contributed by atoms with Gasteiger partial charge in [-0.2, -0.15) is 0 Å². The molecular formula is C43H48Cl2N4O3S2. The summed E-state index contributed by atoms with van der Waals surface area (Å²) in [6.07, 6.45) is 10.4. The smallest absolute Gasteiger partial charge is 0.273 e. The molecule has 2 aromatic carbocycles. The van der Waals surface area contributed by atoms with Crippen LogP contribution < -0.4 is 0 Å². The van der Waals surface area contributed by atoms with E-state index in [1.165, 1.54) is 35.5 Å². The Labute approximate surface area is 336 Å². The molecule has 0 N–H and O–H groups in total. The number of ketones is 1. The molecule has 4 aliphatic rings. The number of hydrogen-bond acceptors (Lipinski definition) is 7. The van der Waals surface area contributed by atoms with E-state index >= 15 is 0 Å². The lowest BCUT2D eigenvalue weighted by Crippen LogP contribution is -2.53. The lowest BCUT2D eigenvalue weighted by molar-refractivity contribution is -0.121. The maximum absolute atomic E-state index is 14.4. The highest BCUT2D eigenvalue weighted by Crippen LogP contribution is 2.42. The molecule has 2 aromatic heterocycles. The van der Waals surface area contributed by atoms with Gasteiger partial charge in [0, 0.05) is 69.7 Å². The predicted octanol–water partition coefficient (Wildman–Crippen LogP) is 10.4. The summed E-state index contributed by atoms with van der Waals surface area (Å²) in [5, 5.41) is 5.47. The first kappa shape index (κ1) is 37.8. The van der Waals surface area contributed by atoms with Crippen molar-refractivity contribution in [3.05, 3.63) is 81.8 Å². The molecule has 7 nitrogen and oxygen atoms in total. The molecule has 4 fully saturated rings. The number of benzene rings is 2. The Bertz CT molecular complexity index is 1870. The molecule has 8 atom stereocenters. The molecular weight excluding hydrogens is 756 g/mol. The molecule has 11 heteroatoms. The van der Waals surface area contributed by atoms with Gasteiger partial charge in [-0.3, -0.25) is 14.4 Å². The molecule has 0 radical (unpaired) electrons. The highest BCUT2D eigenvalue weighted by molar-refractivity contribution is 7.13. The van der Waals surface area contributed by atoms with Gasteiger partial charge in [-0.25, -0.2) is 9.97 Å². The molecule has 284 valence electrons. The Morgan fingerprint density at radius 1 is 0.630 bits per heavy atom. The van der Waals surface area contributed by atoms with Crippen LogP contribution in [0.25, 0.3) is 21.1 Å². The van der Waals surface area contributed by atoms with Crippen molar-refractivity contribution >= 4 is 63.5 Å². The molecule has 2 aliphatic carbocycles. The monoisotopic (exact) mass is 802 g/mol. The van der Waals surface area contributed by atoms with Gasteiger partial charge in [-0.15, -0.1) is 45.9 Å². The number of nitrogens with zero attached hydrogens (tertiary/aromatic N) is 4. The summed E-state index contributed by atoms with van der Waals surface area (Å²) in [5.74, 6) is -0.126. The Morgan fingerprint density at radius 3 is 1.48 bits per heavy atom. The van der Waals surface area contributed by atoms with Gasteiger partial charge in [0.25, 0.3) is 11.8 Å². The summed E-state index contributed by atoms with van der Waals surface area (Å²) in [4.78, 5) is 55.9. The first-order chi connectivity index (χ1) is 26.2. The van der Waals surface area contributed by atoms with Gasteiger partial charge in [0.1, 0.15) is 27.2 Å². The second kappa shape index (κ2) is 16.2. The quantitative estimate of drug-likeness (QED) is 0.166. The van der Waals surface area contributed by atoms with Crippen LogP contribution in [0, 0.1) is 11.8 Å². The molecule has 4 heterocycles. The number of thiazole rings is 2. The number of piperidine rings is 2. The van der Waals surface area contributed by atoms with E-state index in [-0.39, 0.29) is 40.4 Å². The minimum Gasteiger partial charge on any atom is -0.334 e. The fourth-order valence-corrected chi connectivity index (χ4v) is 12.3. The number of hydrogen-bond donors (Lipinski definition) is 0. The van der Waals surface area contributed by atoms with E-state index < -0.39 is 11.8 Å². The van der Waals surface area contributed by atoms with Crippen LogP contribution in [0.2, 0.25) is 0 Å². The number of carbonyl (C=O) groups is 3. The lowest BCUT2D eigenvalue weighted by Gasteiger charge is -2.46. The molecule has 2 saturated carbocycles. The molecule has 54 heavy (non-hydrogen) atoms. The number of likely N-dealkylation sites (tertiary alicyclic amines) is 2. The first-order valence-electron chi connectivity index (χ1n) is 19.7. The number of fused-ring (bicyclic) bond motifs is 2. The Balaban J connectivity index is 1.000. The van der Waals surface area contributed by atoms with Crippen LogP contribution >= 0.6 is 45.9 Å². The maximum Gasteiger partial charge on any atom is 0.273 e. The third kappa shape index (κ3) is 7.19. The van der Waals surface area contributed by atoms with E-state index in [0.717, 1.165) is 83.6 Å². The van der Waals surface area contributed by atoms with Gasteiger partial charge < -0.3 is 9.80 Å². The number of aromatic nitrogens is 2. The van der Waals surface area contributed by atoms with E-state index in [0.29, 0.717) is 36.3 Å². The minimum absolute atomic E-state index is 0.0187. The van der Waals surface area contributed by atoms with E-state index in [9.17, 15) is 14.4 Å². The van der Waals surface area contributed by atoms with Crippen molar-refractivity contribution in [2.24, 2.45) is 11.8 Å². The fraction of sp³-hybridized carbons (Fsp3) is 0.512. The largest absolute Gasteiger partial charge is 0.334 e. The van der Waals surface area contributed by atoms with E-state index in [1.54, 1.807) is 0 Å². The van der Waals surface area contributed by atoms with Crippen LogP contribution in [0.3, 0.4) is 0 Å². The summed E-state index contributed by atoms with van der Waals surface area (Å²) in [6.45, 7) is 5.25. The molecule has 0 bridgehead atoms. The molecule has 2 amide bonds. The molecule has 2 aliphatic heterocycles. The van der Waals surface area contributed by atoms with Crippen molar-refractivity contribution < 1.29 is 14.4 Å². The summed E-state index contributed by atoms with van der Waals surface area (Å²) in [6, 6.07) is 16.2. The Morgan fingerprint density at radius 2 is 1.04 bits per heavy atom. The van der Waals surface area contributed by atoms with E-state index in [1.807, 2.05) is 82.9 Å². The third-order valence-electron chi connectivity index (χ3n) is 12.7. The summed E-state index contributed by atoms with van der Waals surface area (Å²) in [7, 11) is 0. The summed E-state index contributed by atoms with van der Waals surface area (Å²) < 4.78 is 0. The van der Waals surface area contributed by atoms with Crippen LogP contribution in [0.4, 0.5) is 0 Å². The number of amides is 2. The predicted molar refractivity (Wildman–Crippen MR) is 219 cm³/mol. The van der Waals surface area contributed by atoms with Gasteiger partial charge >= 0.3 is 0 Å². The van der Waals surface area contributed by atoms with Crippen molar-refractivity contribution in [1.82, 2.24) is 19.8 Å². The lowest BCUT2D eigenvalue weighted by atomic mass is 9.78. The highest BCUT2D eigenvalue weighted by atomic mass is 35.5. The topological polar surface area (TPSA) is 83.5 Å². The molecule has 8 rings (SSSR count). The Hall–Kier alpha value is -3.11. The zero-order chi connectivity index (χ0) is 37.5. The first-order valence-corrected chi connectivity index (χ1v) is 22.4. The third-order valence-corrected chi connectivity index (χ3v) is 15.6. The average molecular weight is 804 g/mol. The molecule has 0 spiro atoms. The highest BCUT2D eigenvalue weighted by Gasteiger charge is 2.42. The van der Waals surface area contributed by atoms with Crippen molar-refractivity contribution in [3.8, 4) is 21.1 Å². The van der Waals surface area contributed by atoms with Crippen molar-refractivity contribution in [2.45, 2.75) is 113 Å². The zero-order valence-electron chi connectivity index (χ0n) is 31.0. The maximum atomic E-state index is 14.4. The number of rotatable bonds is 8. The van der Waals surface area contributed by atoms with Crippen molar-refractivity contribution in [1.29, 1.82) is 0 Å². The van der Waals surface area contributed by atoms with Gasteiger partial charge in [0.05, 0.1) is 0 Å². The number of Topliss-reactive ketones (excluding diaryl/α,β-unsaturated/α-hetero) is 1. The standard InChI is InChI=1S/C43H48Cl2N4O3S2/c1-25(27-11-3-5-13-29(27)40-46-35(23-53-40)42(51)48-21-19-33(44)31-15-7-9-17-37(31)48)39(50)26(2)28-12-4-6-14-30(28)41-47-36(24-54-41)43(52)49-22-20-34(45)32-16-8-10-18-38(32)49/h3-6,11-14,23-26,31-34,37-38H,7-10,15-22H2,1-2H3. The molecule has 8 unspecified atom stereocenters. The second-order valence-corrected chi connectivity index (χ2v) is 18.6. The van der Waals surface area contributed by atoms with Crippen LogP contribution in [-0.2, 0) is 4.79 Å². The number of halogens is 2. The fourth-order valence-electron chi connectivity index (χ4n) is 9.79. The molecule has 4 aromatic rings. The van der Waals surface area contributed by atoms with Crippen LogP contribution in [0.5, 0.6) is 0 Å². The van der Waals surface area contributed by atoms with Crippen LogP contribution in [0.15, 0.2) is 59.3 Å². The van der Waals surface area contributed by atoms with Crippen LogP contribution in [0.1, 0.15) is 122 Å².